The van der Waals surface area contributed by atoms with Crippen molar-refractivity contribution < 1.29 is 5.11 Å². The highest BCUT2D eigenvalue weighted by atomic mass is 16.3. The Labute approximate surface area is 83.4 Å². The number of aliphatic hydroxyl groups is 1. The summed E-state index contributed by atoms with van der Waals surface area (Å²) in [4.78, 5) is 8.32. The Morgan fingerprint density at radius 1 is 1.43 bits per heavy atom. The lowest BCUT2D eigenvalue weighted by atomic mass is 9.77. The zero-order valence-electron chi connectivity index (χ0n) is 8.32. The summed E-state index contributed by atoms with van der Waals surface area (Å²) in [5, 5.41) is 12.4. The SMILES string of the molecule is Cc1cnc(NC2(CO)CCC2)nc1. The summed E-state index contributed by atoms with van der Waals surface area (Å²) in [6.07, 6.45) is 6.72. The van der Waals surface area contributed by atoms with Crippen LogP contribution in [0.4, 0.5) is 5.95 Å². The van der Waals surface area contributed by atoms with Crippen LogP contribution in [-0.4, -0.2) is 27.2 Å². The van der Waals surface area contributed by atoms with E-state index in [2.05, 4.69) is 15.3 Å². The summed E-state index contributed by atoms with van der Waals surface area (Å²) in [6.45, 7) is 2.11. The number of rotatable bonds is 3. The van der Waals surface area contributed by atoms with Gasteiger partial charge in [0, 0.05) is 12.4 Å². The summed E-state index contributed by atoms with van der Waals surface area (Å²) >= 11 is 0. The molecule has 0 atom stereocenters. The van der Waals surface area contributed by atoms with Crippen molar-refractivity contribution in [2.45, 2.75) is 31.7 Å². The molecule has 76 valence electrons. The van der Waals surface area contributed by atoms with Crippen LogP contribution in [0.5, 0.6) is 0 Å². The molecule has 1 aliphatic carbocycles. The van der Waals surface area contributed by atoms with Crippen LogP contribution >= 0.6 is 0 Å². The molecule has 1 fully saturated rings. The lowest BCUT2D eigenvalue weighted by molar-refractivity contribution is 0.143. The fourth-order valence-corrected chi connectivity index (χ4v) is 1.62. The minimum absolute atomic E-state index is 0.157. The van der Waals surface area contributed by atoms with Crippen LogP contribution in [0.1, 0.15) is 24.8 Å². The zero-order chi connectivity index (χ0) is 10.0. The number of anilines is 1. The molecule has 0 aromatic carbocycles. The van der Waals surface area contributed by atoms with E-state index in [1.165, 1.54) is 6.42 Å². The van der Waals surface area contributed by atoms with Gasteiger partial charge in [-0.05, 0) is 31.7 Å². The molecule has 0 aliphatic heterocycles. The zero-order valence-corrected chi connectivity index (χ0v) is 8.32. The van der Waals surface area contributed by atoms with E-state index >= 15 is 0 Å². The van der Waals surface area contributed by atoms with Gasteiger partial charge in [-0.25, -0.2) is 9.97 Å². The molecule has 0 amide bonds. The molecule has 1 aromatic rings. The Hall–Kier alpha value is -1.16. The molecule has 0 bridgehead atoms. The molecular formula is C10H15N3O. The Morgan fingerprint density at radius 3 is 2.50 bits per heavy atom. The Morgan fingerprint density at radius 2 is 2.07 bits per heavy atom. The van der Waals surface area contributed by atoms with Crippen LogP contribution in [0.15, 0.2) is 12.4 Å². The summed E-state index contributed by atoms with van der Waals surface area (Å²) in [5.41, 5.74) is 0.886. The molecule has 1 heterocycles. The van der Waals surface area contributed by atoms with Crippen LogP contribution in [0.2, 0.25) is 0 Å². The van der Waals surface area contributed by atoms with Gasteiger partial charge in [0.15, 0.2) is 0 Å². The van der Waals surface area contributed by atoms with E-state index in [-0.39, 0.29) is 12.1 Å². The quantitative estimate of drug-likeness (QED) is 0.755. The Balaban J connectivity index is 2.06. The second-order valence-corrected chi connectivity index (χ2v) is 4.00. The van der Waals surface area contributed by atoms with Gasteiger partial charge < -0.3 is 10.4 Å². The van der Waals surface area contributed by atoms with Crippen LogP contribution in [0, 0.1) is 6.92 Å². The second-order valence-electron chi connectivity index (χ2n) is 4.00. The smallest absolute Gasteiger partial charge is 0.223 e. The highest BCUT2D eigenvalue weighted by molar-refractivity contribution is 5.31. The maximum atomic E-state index is 9.23. The maximum absolute atomic E-state index is 9.23. The van der Waals surface area contributed by atoms with Gasteiger partial charge in [0.05, 0.1) is 12.1 Å². The molecular weight excluding hydrogens is 178 g/mol. The summed E-state index contributed by atoms with van der Waals surface area (Å²) in [7, 11) is 0. The maximum Gasteiger partial charge on any atom is 0.223 e. The third kappa shape index (κ3) is 1.70. The fraction of sp³-hybridized carbons (Fsp3) is 0.600. The van der Waals surface area contributed by atoms with E-state index in [1.54, 1.807) is 12.4 Å². The number of nitrogens with one attached hydrogen (secondary N) is 1. The van der Waals surface area contributed by atoms with E-state index in [0.717, 1.165) is 18.4 Å². The number of nitrogens with zero attached hydrogens (tertiary/aromatic N) is 2. The van der Waals surface area contributed by atoms with Crippen LogP contribution in [0.3, 0.4) is 0 Å². The van der Waals surface area contributed by atoms with E-state index in [1.807, 2.05) is 6.92 Å². The van der Waals surface area contributed by atoms with Crippen molar-refractivity contribution in [1.82, 2.24) is 9.97 Å². The lowest BCUT2D eigenvalue weighted by Gasteiger charge is -2.40. The first kappa shape index (κ1) is 9.40. The predicted octanol–water partition coefficient (Wildman–Crippen LogP) is 1.11. The summed E-state index contributed by atoms with van der Waals surface area (Å²) < 4.78 is 0. The first-order chi connectivity index (χ1) is 6.74. The summed E-state index contributed by atoms with van der Waals surface area (Å²) in [6, 6.07) is 0. The third-order valence-corrected chi connectivity index (χ3v) is 2.77. The Kier molecular flexibility index (Phi) is 2.37. The highest BCUT2D eigenvalue weighted by Gasteiger charge is 2.36. The molecule has 0 spiro atoms. The standard InChI is InChI=1S/C10H15N3O/c1-8-5-11-9(12-6-8)13-10(7-14)3-2-4-10/h5-6,14H,2-4,7H2,1H3,(H,11,12,13). The van der Waals surface area contributed by atoms with E-state index in [0.29, 0.717) is 5.95 Å². The molecule has 1 aliphatic rings. The number of aryl methyl sites for hydroxylation is 1. The van der Waals surface area contributed by atoms with Crippen LogP contribution in [-0.2, 0) is 0 Å². The first-order valence-electron chi connectivity index (χ1n) is 4.92. The number of aliphatic hydroxyl groups excluding tert-OH is 1. The van der Waals surface area contributed by atoms with Gasteiger partial charge >= 0.3 is 0 Å². The van der Waals surface area contributed by atoms with Gasteiger partial charge in [0.2, 0.25) is 5.95 Å². The molecule has 2 N–H and O–H groups in total. The largest absolute Gasteiger partial charge is 0.394 e. The van der Waals surface area contributed by atoms with Gasteiger partial charge in [-0.15, -0.1) is 0 Å². The van der Waals surface area contributed by atoms with Crippen molar-refractivity contribution >= 4 is 5.95 Å². The molecule has 14 heavy (non-hydrogen) atoms. The van der Waals surface area contributed by atoms with Crippen LogP contribution < -0.4 is 5.32 Å². The average molecular weight is 193 g/mol. The molecule has 0 unspecified atom stereocenters. The monoisotopic (exact) mass is 193 g/mol. The number of hydrogen-bond acceptors (Lipinski definition) is 4. The van der Waals surface area contributed by atoms with Crippen LogP contribution in [0.25, 0.3) is 0 Å². The van der Waals surface area contributed by atoms with Crippen molar-refractivity contribution in [3.05, 3.63) is 18.0 Å². The van der Waals surface area contributed by atoms with Crippen molar-refractivity contribution in [2.75, 3.05) is 11.9 Å². The molecule has 4 heteroatoms. The van der Waals surface area contributed by atoms with E-state index in [9.17, 15) is 5.11 Å². The molecule has 0 radical (unpaired) electrons. The highest BCUT2D eigenvalue weighted by Crippen LogP contribution is 2.33. The van der Waals surface area contributed by atoms with Crippen molar-refractivity contribution in [2.24, 2.45) is 0 Å². The van der Waals surface area contributed by atoms with Gasteiger partial charge in [-0.1, -0.05) is 0 Å². The van der Waals surface area contributed by atoms with Crippen molar-refractivity contribution in [1.29, 1.82) is 0 Å². The minimum atomic E-state index is -0.157. The van der Waals surface area contributed by atoms with Crippen molar-refractivity contribution in [3.8, 4) is 0 Å². The predicted molar refractivity (Wildman–Crippen MR) is 54.1 cm³/mol. The van der Waals surface area contributed by atoms with Gasteiger partial charge in [0.25, 0.3) is 0 Å². The molecule has 1 saturated carbocycles. The first-order valence-corrected chi connectivity index (χ1v) is 4.92. The second kappa shape index (κ2) is 3.53. The third-order valence-electron chi connectivity index (χ3n) is 2.77. The van der Waals surface area contributed by atoms with E-state index < -0.39 is 0 Å². The summed E-state index contributed by atoms with van der Waals surface area (Å²) in [5.74, 6) is 0.615. The average Bonchev–Trinajstić information content (AvgIpc) is 2.15. The van der Waals surface area contributed by atoms with Gasteiger partial charge in [-0.3, -0.25) is 0 Å². The van der Waals surface area contributed by atoms with Gasteiger partial charge in [0.1, 0.15) is 0 Å². The van der Waals surface area contributed by atoms with E-state index in [4.69, 9.17) is 0 Å². The minimum Gasteiger partial charge on any atom is -0.394 e. The fourth-order valence-electron chi connectivity index (χ4n) is 1.62. The Bertz CT molecular complexity index is 300. The molecule has 2 rings (SSSR count). The number of hydrogen-bond donors (Lipinski definition) is 2. The van der Waals surface area contributed by atoms with Gasteiger partial charge in [-0.2, -0.15) is 0 Å². The molecule has 0 saturated heterocycles. The lowest BCUT2D eigenvalue weighted by Crippen LogP contribution is -2.48. The van der Waals surface area contributed by atoms with Crippen molar-refractivity contribution in [3.63, 3.8) is 0 Å². The number of aromatic nitrogens is 2. The normalized spacial score (nSPS) is 18.7. The topological polar surface area (TPSA) is 58.0 Å². The molecule has 4 nitrogen and oxygen atoms in total. The molecule has 1 aromatic heterocycles.